The number of aryl methyl sites for hydroxylation is 1. The van der Waals surface area contributed by atoms with Crippen molar-refractivity contribution in [3.63, 3.8) is 0 Å². The lowest BCUT2D eigenvalue weighted by Gasteiger charge is -2.11. The summed E-state index contributed by atoms with van der Waals surface area (Å²) in [6.45, 7) is 6.93. The van der Waals surface area contributed by atoms with Crippen LogP contribution in [0.1, 0.15) is 38.1 Å². The van der Waals surface area contributed by atoms with Gasteiger partial charge in [0.1, 0.15) is 5.75 Å². The fraction of sp³-hybridized carbons (Fsp3) is 0.571. The highest BCUT2D eigenvalue weighted by atomic mass is 16.3. The van der Waals surface area contributed by atoms with E-state index in [9.17, 15) is 9.90 Å². The molecule has 19 heavy (non-hydrogen) atoms. The summed E-state index contributed by atoms with van der Waals surface area (Å²) < 4.78 is 0. The van der Waals surface area contributed by atoms with Crippen LogP contribution < -0.4 is 10.6 Å². The van der Waals surface area contributed by atoms with E-state index < -0.39 is 0 Å². The van der Waals surface area contributed by atoms with Gasteiger partial charge in [0.15, 0.2) is 0 Å². The molecular formula is C14H23N3O2. The van der Waals surface area contributed by atoms with E-state index >= 15 is 0 Å². The minimum atomic E-state index is 0.0447. The van der Waals surface area contributed by atoms with Gasteiger partial charge in [-0.15, -0.1) is 0 Å². The Morgan fingerprint density at radius 1 is 1.47 bits per heavy atom. The molecule has 1 unspecified atom stereocenters. The Balaban J connectivity index is 2.27. The third-order valence-corrected chi connectivity index (χ3v) is 2.93. The van der Waals surface area contributed by atoms with Gasteiger partial charge in [-0.3, -0.25) is 9.78 Å². The number of nitrogens with zero attached hydrogens (tertiary/aromatic N) is 1. The molecule has 5 nitrogen and oxygen atoms in total. The molecule has 106 valence electrons. The van der Waals surface area contributed by atoms with E-state index in [0.29, 0.717) is 25.2 Å². The maximum atomic E-state index is 11.5. The number of pyridine rings is 1. The van der Waals surface area contributed by atoms with Gasteiger partial charge in [-0.2, -0.15) is 0 Å². The van der Waals surface area contributed by atoms with Crippen LogP contribution in [0.15, 0.2) is 12.1 Å². The van der Waals surface area contributed by atoms with Crippen molar-refractivity contribution in [3.05, 3.63) is 23.5 Å². The van der Waals surface area contributed by atoms with Gasteiger partial charge in [-0.05, 0) is 32.4 Å². The number of aromatic hydroxyl groups is 1. The van der Waals surface area contributed by atoms with Gasteiger partial charge in [0.05, 0.1) is 5.69 Å². The number of carbonyl (C=O) groups is 1. The second kappa shape index (κ2) is 7.74. The zero-order chi connectivity index (χ0) is 14.3. The van der Waals surface area contributed by atoms with Crippen LogP contribution >= 0.6 is 0 Å². The molecule has 1 heterocycles. The number of aromatic nitrogens is 1. The van der Waals surface area contributed by atoms with Crippen molar-refractivity contribution in [2.24, 2.45) is 0 Å². The molecule has 0 aliphatic heterocycles. The van der Waals surface area contributed by atoms with Crippen LogP contribution in [-0.4, -0.2) is 28.6 Å². The minimum absolute atomic E-state index is 0.0447. The topological polar surface area (TPSA) is 74.2 Å². The SMILES string of the molecule is CCC(C)NC(=O)CCNCc1nc(C)ccc1O. The van der Waals surface area contributed by atoms with E-state index in [0.717, 1.165) is 12.1 Å². The number of nitrogens with one attached hydrogen (secondary N) is 2. The fourth-order valence-electron chi connectivity index (χ4n) is 1.59. The Bertz CT molecular complexity index is 421. The van der Waals surface area contributed by atoms with Crippen LogP contribution in [-0.2, 0) is 11.3 Å². The standard InChI is InChI=1S/C14H23N3O2/c1-4-10(2)17-14(19)7-8-15-9-12-13(18)6-5-11(3)16-12/h5-6,10,15,18H,4,7-9H2,1-3H3,(H,17,19). The molecule has 0 saturated heterocycles. The zero-order valence-corrected chi connectivity index (χ0v) is 11.9. The van der Waals surface area contributed by atoms with E-state index in [1.165, 1.54) is 0 Å². The average Bonchev–Trinajstić information content (AvgIpc) is 2.38. The van der Waals surface area contributed by atoms with Gasteiger partial charge in [-0.25, -0.2) is 0 Å². The van der Waals surface area contributed by atoms with E-state index in [1.54, 1.807) is 12.1 Å². The number of carbonyl (C=O) groups excluding carboxylic acids is 1. The van der Waals surface area contributed by atoms with Crippen LogP contribution in [0.4, 0.5) is 0 Å². The highest BCUT2D eigenvalue weighted by Crippen LogP contribution is 2.13. The van der Waals surface area contributed by atoms with Crippen molar-refractivity contribution in [2.75, 3.05) is 6.54 Å². The van der Waals surface area contributed by atoms with Crippen molar-refractivity contribution in [1.82, 2.24) is 15.6 Å². The molecule has 3 N–H and O–H groups in total. The van der Waals surface area contributed by atoms with Crippen molar-refractivity contribution >= 4 is 5.91 Å². The van der Waals surface area contributed by atoms with Gasteiger partial charge < -0.3 is 15.7 Å². The summed E-state index contributed by atoms with van der Waals surface area (Å²) in [5.74, 6) is 0.227. The monoisotopic (exact) mass is 265 g/mol. The molecule has 0 spiro atoms. The largest absolute Gasteiger partial charge is 0.506 e. The zero-order valence-electron chi connectivity index (χ0n) is 11.9. The summed E-state index contributed by atoms with van der Waals surface area (Å²) in [5, 5.41) is 15.6. The predicted molar refractivity (Wildman–Crippen MR) is 74.9 cm³/mol. The Morgan fingerprint density at radius 3 is 2.89 bits per heavy atom. The summed E-state index contributed by atoms with van der Waals surface area (Å²) >= 11 is 0. The first-order valence-corrected chi connectivity index (χ1v) is 6.68. The summed E-state index contributed by atoms with van der Waals surface area (Å²) in [5.41, 5.74) is 1.48. The van der Waals surface area contributed by atoms with Crippen LogP contribution in [0.3, 0.4) is 0 Å². The fourth-order valence-corrected chi connectivity index (χ4v) is 1.59. The predicted octanol–water partition coefficient (Wildman–Crippen LogP) is 1.49. The van der Waals surface area contributed by atoms with Gasteiger partial charge in [-0.1, -0.05) is 6.92 Å². The van der Waals surface area contributed by atoms with Crippen molar-refractivity contribution in [1.29, 1.82) is 0 Å². The second-order valence-electron chi connectivity index (χ2n) is 4.72. The first-order chi connectivity index (χ1) is 9.02. The van der Waals surface area contributed by atoms with Crippen molar-refractivity contribution in [2.45, 2.75) is 46.2 Å². The van der Waals surface area contributed by atoms with Crippen molar-refractivity contribution < 1.29 is 9.90 Å². The molecule has 0 radical (unpaired) electrons. The molecule has 0 bridgehead atoms. The Kier molecular flexibility index (Phi) is 6.29. The molecule has 0 aliphatic carbocycles. The van der Waals surface area contributed by atoms with E-state index in [4.69, 9.17) is 0 Å². The maximum absolute atomic E-state index is 11.5. The summed E-state index contributed by atoms with van der Waals surface area (Å²) in [7, 11) is 0. The van der Waals surface area contributed by atoms with Gasteiger partial charge in [0.25, 0.3) is 0 Å². The van der Waals surface area contributed by atoms with Crippen molar-refractivity contribution in [3.8, 4) is 5.75 Å². The smallest absolute Gasteiger partial charge is 0.221 e. The molecule has 1 amide bonds. The molecule has 0 fully saturated rings. The molecule has 1 atom stereocenters. The molecule has 0 saturated carbocycles. The van der Waals surface area contributed by atoms with E-state index in [1.807, 2.05) is 20.8 Å². The average molecular weight is 265 g/mol. The highest BCUT2D eigenvalue weighted by molar-refractivity contribution is 5.76. The Hall–Kier alpha value is -1.62. The maximum Gasteiger partial charge on any atom is 0.221 e. The molecule has 5 heteroatoms. The third kappa shape index (κ3) is 5.70. The van der Waals surface area contributed by atoms with E-state index in [-0.39, 0.29) is 17.7 Å². The summed E-state index contributed by atoms with van der Waals surface area (Å²) in [6, 6.07) is 3.61. The molecule has 1 rings (SSSR count). The van der Waals surface area contributed by atoms with Gasteiger partial charge >= 0.3 is 0 Å². The second-order valence-corrected chi connectivity index (χ2v) is 4.72. The lowest BCUT2D eigenvalue weighted by Crippen LogP contribution is -2.33. The van der Waals surface area contributed by atoms with Crippen LogP contribution in [0.2, 0.25) is 0 Å². The molecule has 1 aromatic rings. The molecule has 1 aromatic heterocycles. The molecule has 0 aliphatic rings. The summed E-state index contributed by atoms with van der Waals surface area (Å²) in [6.07, 6.45) is 1.36. The lowest BCUT2D eigenvalue weighted by atomic mass is 10.2. The quantitative estimate of drug-likeness (QED) is 0.653. The molecular weight excluding hydrogens is 242 g/mol. The first-order valence-electron chi connectivity index (χ1n) is 6.68. The Labute approximate surface area is 114 Å². The van der Waals surface area contributed by atoms with Crippen LogP contribution in [0.25, 0.3) is 0 Å². The first kappa shape index (κ1) is 15.4. The number of hydrogen-bond donors (Lipinski definition) is 3. The van der Waals surface area contributed by atoms with Gasteiger partial charge in [0.2, 0.25) is 5.91 Å². The third-order valence-electron chi connectivity index (χ3n) is 2.93. The number of amides is 1. The highest BCUT2D eigenvalue weighted by Gasteiger charge is 2.06. The molecule has 0 aromatic carbocycles. The van der Waals surface area contributed by atoms with E-state index in [2.05, 4.69) is 15.6 Å². The summed E-state index contributed by atoms with van der Waals surface area (Å²) in [4.78, 5) is 15.8. The van der Waals surface area contributed by atoms with Gasteiger partial charge in [0, 0.05) is 31.2 Å². The van der Waals surface area contributed by atoms with Crippen LogP contribution in [0.5, 0.6) is 5.75 Å². The minimum Gasteiger partial charge on any atom is -0.506 e. The normalized spacial score (nSPS) is 12.2. The number of hydrogen-bond acceptors (Lipinski definition) is 4. The Morgan fingerprint density at radius 2 is 2.21 bits per heavy atom. The van der Waals surface area contributed by atoms with Crippen LogP contribution in [0, 0.1) is 6.92 Å². The number of rotatable bonds is 7. The lowest BCUT2D eigenvalue weighted by molar-refractivity contribution is -0.121.